The van der Waals surface area contributed by atoms with Crippen molar-refractivity contribution >= 4 is 35.0 Å². The van der Waals surface area contributed by atoms with E-state index in [1.807, 2.05) is 26.2 Å². The highest BCUT2D eigenvalue weighted by Crippen LogP contribution is 2.20. The highest BCUT2D eigenvalue weighted by Gasteiger charge is 2.28. The zero-order chi connectivity index (χ0) is 30.6. The zero-order valence-electron chi connectivity index (χ0n) is 25.3. The average molecular weight is 600 g/mol. The van der Waals surface area contributed by atoms with Crippen molar-refractivity contribution in [1.82, 2.24) is 26.3 Å². The van der Waals surface area contributed by atoms with Crippen molar-refractivity contribution < 1.29 is 23.9 Å². The molecular formula is C31H45N5O5S. The standard InChI is InChI=1S/C31H45N5O5S/c1-19(2)15-22-17-41-26-10-7-6-9-23(26)29(38)36-24(30(39)32-14-8-11-28-33-21(5)18-42-28)12-13-27(37)35-25(16-20(3)4)31(40)34-22/h6-7,9-10,18-20,22,24-25H,8,11-17H2,1-5H3,(H,32,39)(H,34,40)(H,35,37)(H,36,38)/t22-,24-,25+/m0/s1. The van der Waals surface area contributed by atoms with E-state index in [1.165, 1.54) is 0 Å². The minimum absolute atomic E-state index is 0.0355. The Kier molecular flexibility index (Phi) is 12.8. The van der Waals surface area contributed by atoms with Crippen molar-refractivity contribution in [3.8, 4) is 5.75 Å². The maximum atomic E-state index is 13.4. The maximum Gasteiger partial charge on any atom is 0.255 e. The molecule has 1 aromatic carbocycles. The third kappa shape index (κ3) is 10.7. The maximum absolute atomic E-state index is 13.4. The van der Waals surface area contributed by atoms with Gasteiger partial charge in [0.1, 0.15) is 24.4 Å². The number of nitrogens with one attached hydrogen (secondary N) is 4. The number of nitrogens with zero attached hydrogens (tertiary/aromatic N) is 1. The molecule has 0 unspecified atom stereocenters. The van der Waals surface area contributed by atoms with Crippen LogP contribution >= 0.6 is 11.3 Å². The first-order valence-electron chi connectivity index (χ1n) is 14.8. The van der Waals surface area contributed by atoms with E-state index in [4.69, 9.17) is 4.74 Å². The summed E-state index contributed by atoms with van der Waals surface area (Å²) in [5.41, 5.74) is 1.25. The van der Waals surface area contributed by atoms with E-state index < -0.39 is 18.0 Å². The molecule has 2 aromatic rings. The van der Waals surface area contributed by atoms with Gasteiger partial charge in [-0.3, -0.25) is 19.2 Å². The van der Waals surface area contributed by atoms with Gasteiger partial charge in [0.15, 0.2) is 0 Å². The Labute approximate surface area is 252 Å². The first-order chi connectivity index (χ1) is 20.0. The Hall–Kier alpha value is -3.47. The molecule has 0 saturated heterocycles. The fourth-order valence-corrected chi connectivity index (χ4v) is 5.67. The Morgan fingerprint density at radius 1 is 1.07 bits per heavy atom. The number of amides is 4. The van der Waals surface area contributed by atoms with Crippen molar-refractivity contribution in [2.75, 3.05) is 13.2 Å². The lowest BCUT2D eigenvalue weighted by atomic mass is 10.0. The number of carbonyl (C=O) groups excluding carboxylic acids is 4. The summed E-state index contributed by atoms with van der Waals surface area (Å²) in [7, 11) is 0. The second-order valence-corrected chi connectivity index (χ2v) is 12.7. The molecular weight excluding hydrogens is 554 g/mol. The van der Waals surface area contributed by atoms with Crippen LogP contribution in [0.1, 0.15) is 80.9 Å². The van der Waals surface area contributed by atoms with Gasteiger partial charge in [0.25, 0.3) is 5.91 Å². The predicted molar refractivity (Wildman–Crippen MR) is 163 cm³/mol. The quantitative estimate of drug-likeness (QED) is 0.326. The van der Waals surface area contributed by atoms with E-state index in [-0.39, 0.29) is 60.6 Å². The number of hydrogen-bond acceptors (Lipinski definition) is 7. The van der Waals surface area contributed by atoms with Crippen LogP contribution in [0.2, 0.25) is 0 Å². The molecule has 11 heteroatoms. The summed E-state index contributed by atoms with van der Waals surface area (Å²) in [6.07, 6.45) is 2.60. The topological polar surface area (TPSA) is 139 Å². The summed E-state index contributed by atoms with van der Waals surface area (Å²) in [5.74, 6) is -0.659. The molecule has 1 aromatic heterocycles. The summed E-state index contributed by atoms with van der Waals surface area (Å²) < 4.78 is 6.08. The molecule has 4 N–H and O–H groups in total. The number of aryl methyl sites for hydroxylation is 2. The van der Waals surface area contributed by atoms with Crippen LogP contribution in [0.25, 0.3) is 0 Å². The van der Waals surface area contributed by atoms with Gasteiger partial charge in [-0.05, 0) is 56.6 Å². The number of aromatic nitrogens is 1. The van der Waals surface area contributed by atoms with Gasteiger partial charge in [-0.25, -0.2) is 4.98 Å². The molecule has 0 radical (unpaired) electrons. The van der Waals surface area contributed by atoms with Gasteiger partial charge in [0.05, 0.1) is 16.6 Å². The first kappa shape index (κ1) is 33.0. The smallest absolute Gasteiger partial charge is 0.255 e. The van der Waals surface area contributed by atoms with Crippen LogP contribution < -0.4 is 26.0 Å². The fourth-order valence-electron chi connectivity index (χ4n) is 4.85. The number of rotatable bonds is 9. The van der Waals surface area contributed by atoms with Crippen molar-refractivity contribution in [3.63, 3.8) is 0 Å². The summed E-state index contributed by atoms with van der Waals surface area (Å²) in [4.78, 5) is 57.4. The number of carbonyl (C=O) groups is 4. The number of thiazole rings is 1. The monoisotopic (exact) mass is 599 g/mol. The molecule has 1 aliphatic rings. The number of hydrogen-bond donors (Lipinski definition) is 4. The van der Waals surface area contributed by atoms with E-state index in [0.717, 1.165) is 17.1 Å². The summed E-state index contributed by atoms with van der Waals surface area (Å²) in [6, 6.07) is 4.83. The molecule has 0 saturated carbocycles. The number of ether oxygens (including phenoxy) is 1. The largest absolute Gasteiger partial charge is 0.491 e. The zero-order valence-corrected chi connectivity index (χ0v) is 26.1. The van der Waals surface area contributed by atoms with Crippen LogP contribution in [0.3, 0.4) is 0 Å². The van der Waals surface area contributed by atoms with Crippen LogP contribution in [0.15, 0.2) is 29.6 Å². The van der Waals surface area contributed by atoms with E-state index in [2.05, 4.69) is 40.1 Å². The number of fused-ring (bicyclic) bond motifs is 1. The minimum Gasteiger partial charge on any atom is -0.491 e. The fraction of sp³-hybridized carbons (Fsp3) is 0.581. The van der Waals surface area contributed by atoms with Gasteiger partial charge in [0.2, 0.25) is 17.7 Å². The first-order valence-corrected chi connectivity index (χ1v) is 15.7. The van der Waals surface area contributed by atoms with Crippen LogP contribution in [-0.2, 0) is 20.8 Å². The third-order valence-corrected chi connectivity index (χ3v) is 7.87. The normalized spacial score (nSPS) is 20.5. The Morgan fingerprint density at radius 2 is 1.81 bits per heavy atom. The van der Waals surface area contributed by atoms with E-state index in [1.54, 1.807) is 35.6 Å². The van der Waals surface area contributed by atoms with Gasteiger partial charge in [-0.15, -0.1) is 11.3 Å². The van der Waals surface area contributed by atoms with Crippen LogP contribution in [0.4, 0.5) is 0 Å². The predicted octanol–water partition coefficient (Wildman–Crippen LogP) is 3.53. The highest BCUT2D eigenvalue weighted by molar-refractivity contribution is 7.09. The second kappa shape index (κ2) is 16.2. The number of para-hydroxylation sites is 1. The summed E-state index contributed by atoms with van der Waals surface area (Å²) in [5, 5.41) is 14.6. The summed E-state index contributed by atoms with van der Waals surface area (Å²) >= 11 is 1.59. The summed E-state index contributed by atoms with van der Waals surface area (Å²) in [6.45, 7) is 10.6. The van der Waals surface area contributed by atoms with E-state index in [9.17, 15) is 19.2 Å². The Morgan fingerprint density at radius 3 is 2.50 bits per heavy atom. The van der Waals surface area contributed by atoms with Crippen molar-refractivity contribution in [2.45, 2.75) is 91.3 Å². The van der Waals surface area contributed by atoms with Crippen molar-refractivity contribution in [1.29, 1.82) is 0 Å². The van der Waals surface area contributed by atoms with Crippen molar-refractivity contribution in [2.24, 2.45) is 11.8 Å². The molecule has 0 bridgehead atoms. The second-order valence-electron chi connectivity index (χ2n) is 11.7. The van der Waals surface area contributed by atoms with Gasteiger partial charge in [-0.1, -0.05) is 39.8 Å². The van der Waals surface area contributed by atoms with Gasteiger partial charge < -0.3 is 26.0 Å². The average Bonchev–Trinajstić information content (AvgIpc) is 3.35. The van der Waals surface area contributed by atoms with Gasteiger partial charge in [0, 0.05) is 30.5 Å². The minimum atomic E-state index is -0.949. The lowest BCUT2D eigenvalue weighted by molar-refractivity contribution is -0.130. The molecule has 2 heterocycles. The van der Waals surface area contributed by atoms with Crippen LogP contribution in [-0.4, -0.2) is 59.9 Å². The Balaban J connectivity index is 1.80. The molecule has 1 aliphatic heterocycles. The van der Waals surface area contributed by atoms with Crippen LogP contribution in [0.5, 0.6) is 5.75 Å². The van der Waals surface area contributed by atoms with E-state index in [0.29, 0.717) is 31.6 Å². The lowest BCUT2D eigenvalue weighted by Gasteiger charge is -2.26. The molecule has 42 heavy (non-hydrogen) atoms. The highest BCUT2D eigenvalue weighted by atomic mass is 32.1. The van der Waals surface area contributed by atoms with Crippen molar-refractivity contribution in [3.05, 3.63) is 45.9 Å². The molecule has 3 atom stereocenters. The molecule has 230 valence electrons. The third-order valence-electron chi connectivity index (χ3n) is 6.85. The van der Waals surface area contributed by atoms with Crippen LogP contribution in [0, 0.1) is 18.8 Å². The van der Waals surface area contributed by atoms with Gasteiger partial charge >= 0.3 is 0 Å². The molecule has 10 nitrogen and oxygen atoms in total. The SMILES string of the molecule is Cc1csc(CCCNC(=O)[C@@H]2CCC(=O)N[C@H](CC(C)C)C(=O)N[C@@H](CC(C)C)COc3ccccc3C(=O)N2)n1. The van der Waals surface area contributed by atoms with Gasteiger partial charge in [-0.2, -0.15) is 0 Å². The lowest BCUT2D eigenvalue weighted by Crippen LogP contribution is -2.52. The molecule has 0 spiro atoms. The molecule has 0 fully saturated rings. The molecule has 4 amide bonds. The van der Waals surface area contributed by atoms with E-state index >= 15 is 0 Å². The molecule has 0 aliphatic carbocycles. The Bertz CT molecular complexity index is 1210. The number of benzene rings is 1. The molecule has 3 rings (SSSR count).